The number of halogens is 1. The molecule has 3 N–H and O–H groups in total. The van der Waals surface area contributed by atoms with Gasteiger partial charge < -0.3 is 19.9 Å². The van der Waals surface area contributed by atoms with E-state index in [0.717, 1.165) is 5.56 Å². The fourth-order valence-electron chi connectivity index (χ4n) is 5.68. The monoisotopic (exact) mass is 499 g/mol. The van der Waals surface area contributed by atoms with Crippen LogP contribution < -0.4 is 20.1 Å². The van der Waals surface area contributed by atoms with Gasteiger partial charge in [0.15, 0.2) is 11.5 Å². The van der Waals surface area contributed by atoms with Crippen LogP contribution >= 0.6 is 11.6 Å². The quantitative estimate of drug-likeness (QED) is 0.518. The molecule has 9 nitrogen and oxygen atoms in total. The predicted octanol–water partition coefficient (Wildman–Crippen LogP) is 1.70. The Bertz CT molecular complexity index is 1230. The molecule has 3 aliphatic heterocycles. The molecule has 3 heterocycles. The number of rotatable bonds is 6. The van der Waals surface area contributed by atoms with E-state index in [2.05, 4.69) is 10.6 Å². The van der Waals surface area contributed by atoms with Crippen LogP contribution in [0.1, 0.15) is 18.1 Å². The third kappa shape index (κ3) is 3.41. The summed E-state index contributed by atoms with van der Waals surface area (Å²) in [5.74, 6) is -2.04. The summed E-state index contributed by atoms with van der Waals surface area (Å²) in [6.45, 7) is 1.68. The second kappa shape index (κ2) is 8.51. The maximum absolute atomic E-state index is 13.7. The van der Waals surface area contributed by atoms with Gasteiger partial charge in [0.2, 0.25) is 17.7 Å². The van der Waals surface area contributed by atoms with E-state index in [-0.39, 0.29) is 6.54 Å². The first-order valence-corrected chi connectivity index (χ1v) is 11.7. The molecule has 3 amide bonds. The second-order valence-electron chi connectivity index (χ2n) is 9.13. The molecule has 2 aromatic carbocycles. The molecule has 2 fully saturated rings. The van der Waals surface area contributed by atoms with Crippen molar-refractivity contribution in [3.05, 3.63) is 52.5 Å². The number of methoxy groups -OCH3 is 2. The lowest BCUT2D eigenvalue weighted by Gasteiger charge is -2.30. The Kier molecular flexibility index (Phi) is 5.74. The van der Waals surface area contributed by atoms with E-state index in [1.807, 2.05) is 6.07 Å². The molecule has 0 bridgehead atoms. The molecular formula is C25H26ClN3O6. The number of likely N-dealkylation sites (tertiary alicyclic amines) is 1. The average molecular weight is 500 g/mol. The van der Waals surface area contributed by atoms with Crippen LogP contribution in [0.3, 0.4) is 0 Å². The van der Waals surface area contributed by atoms with Gasteiger partial charge in [0.25, 0.3) is 0 Å². The highest BCUT2D eigenvalue weighted by atomic mass is 35.5. The number of hydrogen-bond donors (Lipinski definition) is 3. The molecule has 0 unspecified atom stereocenters. The van der Waals surface area contributed by atoms with Gasteiger partial charge in [0.05, 0.1) is 32.2 Å². The maximum atomic E-state index is 13.7. The zero-order chi connectivity index (χ0) is 25.1. The Morgan fingerprint density at radius 1 is 1.09 bits per heavy atom. The Balaban J connectivity index is 1.49. The Labute approximate surface area is 207 Å². The number of carbonyl (C=O) groups excluding carboxylic acids is 3. The molecule has 2 aromatic rings. The van der Waals surface area contributed by atoms with Gasteiger partial charge in [-0.15, -0.1) is 0 Å². The molecule has 1 spiro atoms. The molecule has 10 heteroatoms. The summed E-state index contributed by atoms with van der Waals surface area (Å²) in [4.78, 5) is 41.8. The topological polar surface area (TPSA) is 117 Å². The average Bonchev–Trinajstić information content (AvgIpc) is 3.43. The van der Waals surface area contributed by atoms with Crippen molar-refractivity contribution in [1.29, 1.82) is 0 Å². The molecule has 0 radical (unpaired) electrons. The van der Waals surface area contributed by atoms with Crippen LogP contribution in [-0.2, 0) is 26.3 Å². The van der Waals surface area contributed by atoms with Crippen molar-refractivity contribution in [2.24, 2.45) is 11.8 Å². The zero-order valence-corrected chi connectivity index (χ0v) is 20.3. The molecule has 2 saturated heterocycles. The lowest BCUT2D eigenvalue weighted by Crippen LogP contribution is -2.55. The van der Waals surface area contributed by atoms with Crippen molar-refractivity contribution in [3.63, 3.8) is 0 Å². The van der Waals surface area contributed by atoms with Crippen LogP contribution in [0.25, 0.3) is 0 Å². The first kappa shape index (κ1) is 23.6. The molecule has 35 heavy (non-hydrogen) atoms. The minimum Gasteiger partial charge on any atom is -0.493 e. The minimum atomic E-state index is -1.49. The van der Waals surface area contributed by atoms with E-state index >= 15 is 0 Å². The minimum absolute atomic E-state index is 0.132. The maximum Gasteiger partial charge on any atom is 0.250 e. The van der Waals surface area contributed by atoms with Crippen molar-refractivity contribution >= 4 is 35.0 Å². The molecule has 5 atom stereocenters. The van der Waals surface area contributed by atoms with Gasteiger partial charge in [-0.1, -0.05) is 17.7 Å². The van der Waals surface area contributed by atoms with Crippen LogP contribution in [0.4, 0.5) is 5.69 Å². The number of nitrogens with zero attached hydrogens (tertiary/aromatic N) is 1. The molecule has 184 valence electrons. The third-order valence-electron chi connectivity index (χ3n) is 7.29. The molecule has 0 aliphatic carbocycles. The van der Waals surface area contributed by atoms with Crippen molar-refractivity contribution in [2.75, 3.05) is 26.1 Å². The SMILES string of the molecule is COc1ccc(CCN2C(=O)[C@@H]3[C@@H]([C@H](C)O)N[C@]4(C(=O)Nc5ccc(Cl)cc54)[C@@H]3C2=O)cc1OC. The number of ether oxygens (including phenoxy) is 2. The first-order chi connectivity index (χ1) is 16.7. The summed E-state index contributed by atoms with van der Waals surface area (Å²) in [7, 11) is 3.08. The number of nitrogens with one attached hydrogen (secondary N) is 2. The molecule has 0 aromatic heterocycles. The van der Waals surface area contributed by atoms with E-state index in [0.29, 0.717) is 34.2 Å². The van der Waals surface area contributed by atoms with Gasteiger partial charge in [0.1, 0.15) is 5.54 Å². The molecular weight excluding hydrogens is 474 g/mol. The number of hydrogen-bond acceptors (Lipinski definition) is 7. The van der Waals surface area contributed by atoms with E-state index in [1.165, 1.54) is 12.0 Å². The van der Waals surface area contributed by atoms with Gasteiger partial charge in [-0.25, -0.2) is 0 Å². The van der Waals surface area contributed by atoms with Crippen LogP contribution in [0.5, 0.6) is 11.5 Å². The number of aliphatic hydroxyl groups is 1. The van der Waals surface area contributed by atoms with Gasteiger partial charge >= 0.3 is 0 Å². The van der Waals surface area contributed by atoms with Gasteiger partial charge in [0, 0.05) is 28.9 Å². The zero-order valence-electron chi connectivity index (χ0n) is 19.5. The van der Waals surface area contributed by atoms with Crippen LogP contribution in [0.15, 0.2) is 36.4 Å². The Morgan fingerprint density at radius 2 is 1.83 bits per heavy atom. The highest BCUT2D eigenvalue weighted by Crippen LogP contribution is 2.53. The highest BCUT2D eigenvalue weighted by Gasteiger charge is 2.71. The van der Waals surface area contributed by atoms with Crippen molar-refractivity contribution < 1.29 is 29.0 Å². The van der Waals surface area contributed by atoms with Crippen LogP contribution in [0.2, 0.25) is 5.02 Å². The van der Waals surface area contributed by atoms with E-state index in [1.54, 1.807) is 44.4 Å². The first-order valence-electron chi connectivity index (χ1n) is 11.4. The van der Waals surface area contributed by atoms with Crippen molar-refractivity contribution in [2.45, 2.75) is 31.0 Å². The van der Waals surface area contributed by atoms with Crippen LogP contribution in [0, 0.1) is 11.8 Å². The summed E-state index contributed by atoms with van der Waals surface area (Å²) < 4.78 is 10.6. The Morgan fingerprint density at radius 3 is 2.51 bits per heavy atom. The number of fused-ring (bicyclic) bond motifs is 4. The molecule has 5 rings (SSSR count). The lowest BCUT2D eigenvalue weighted by molar-refractivity contribution is -0.143. The number of aliphatic hydroxyl groups excluding tert-OH is 1. The largest absolute Gasteiger partial charge is 0.493 e. The van der Waals surface area contributed by atoms with E-state index in [4.69, 9.17) is 21.1 Å². The number of carbonyl (C=O) groups is 3. The number of amides is 3. The van der Waals surface area contributed by atoms with Gasteiger partial charge in [-0.3, -0.25) is 24.6 Å². The number of benzene rings is 2. The standard InChI is InChI=1S/C25H26ClN3O6/c1-12(30)21-19-20(25(28-21)15-11-14(26)5-6-16(15)27-24(25)33)23(32)29(22(19)31)9-8-13-4-7-17(34-2)18(10-13)35-3/h4-7,10-12,19-21,28,30H,8-9H2,1-3H3,(H,27,33)/t12-,19-,20-,21+,25-/m0/s1. The van der Waals surface area contributed by atoms with Gasteiger partial charge in [-0.05, 0) is 49.2 Å². The summed E-state index contributed by atoms with van der Waals surface area (Å²) in [6, 6.07) is 9.59. The van der Waals surface area contributed by atoms with Crippen LogP contribution in [-0.4, -0.2) is 60.6 Å². The third-order valence-corrected chi connectivity index (χ3v) is 7.53. The summed E-state index contributed by atoms with van der Waals surface area (Å²) in [5.41, 5.74) is 0.408. The number of imide groups is 1. The number of anilines is 1. The van der Waals surface area contributed by atoms with Crippen molar-refractivity contribution in [1.82, 2.24) is 10.2 Å². The van der Waals surface area contributed by atoms with Gasteiger partial charge in [-0.2, -0.15) is 0 Å². The Hall–Kier alpha value is -3.14. The second-order valence-corrected chi connectivity index (χ2v) is 9.57. The normalized spacial score (nSPS) is 27.7. The lowest BCUT2D eigenvalue weighted by atomic mass is 9.76. The summed E-state index contributed by atoms with van der Waals surface area (Å²) >= 11 is 6.23. The fourth-order valence-corrected chi connectivity index (χ4v) is 5.85. The summed E-state index contributed by atoms with van der Waals surface area (Å²) in [6.07, 6.45) is -0.577. The van der Waals surface area contributed by atoms with E-state index in [9.17, 15) is 19.5 Å². The van der Waals surface area contributed by atoms with E-state index < -0.39 is 47.2 Å². The van der Waals surface area contributed by atoms with Crippen molar-refractivity contribution in [3.8, 4) is 11.5 Å². The fraction of sp³-hybridized carbons (Fsp3) is 0.400. The highest BCUT2D eigenvalue weighted by molar-refractivity contribution is 6.31. The predicted molar refractivity (Wildman–Crippen MR) is 127 cm³/mol. The summed E-state index contributed by atoms with van der Waals surface area (Å²) in [5, 5.41) is 16.9. The molecule has 0 saturated carbocycles. The smallest absolute Gasteiger partial charge is 0.250 e. The molecule has 3 aliphatic rings.